The van der Waals surface area contributed by atoms with Crippen LogP contribution in [0.1, 0.15) is 56.2 Å². The lowest BCUT2D eigenvalue weighted by atomic mass is 9.87. The second kappa shape index (κ2) is 9.21. The van der Waals surface area contributed by atoms with Crippen LogP contribution in [-0.2, 0) is 21.1 Å². The summed E-state index contributed by atoms with van der Waals surface area (Å²) >= 11 is 0. The molecular formula is C23H27F2N3O3S. The summed E-state index contributed by atoms with van der Waals surface area (Å²) in [5, 5.41) is 2.42. The number of carbonyl (C=O) groups excluding carboxylic acids is 1. The number of anilines is 1. The Kier molecular flexibility index (Phi) is 6.55. The van der Waals surface area contributed by atoms with Crippen LogP contribution in [-0.4, -0.2) is 41.9 Å². The molecule has 2 aliphatic rings. The maximum Gasteiger partial charge on any atom is 0.233 e. The number of aromatic nitrogens is 2. The molecule has 1 N–H and O–H groups in total. The van der Waals surface area contributed by atoms with Crippen molar-refractivity contribution in [3.8, 4) is 0 Å². The molecule has 2 saturated carbocycles. The number of alkyl halides is 2. The largest absolute Gasteiger partial charge is 0.309 e. The van der Waals surface area contributed by atoms with Gasteiger partial charge >= 0.3 is 0 Å². The Morgan fingerprint density at radius 3 is 2.28 bits per heavy atom. The summed E-state index contributed by atoms with van der Waals surface area (Å²) in [4.78, 5) is 21.8. The highest BCUT2D eigenvalue weighted by Gasteiger charge is 2.38. The third kappa shape index (κ3) is 4.98. The minimum atomic E-state index is -3.34. The van der Waals surface area contributed by atoms with Crippen LogP contribution in [0.25, 0.3) is 0 Å². The van der Waals surface area contributed by atoms with Gasteiger partial charge in [-0.1, -0.05) is 19.1 Å². The van der Waals surface area contributed by atoms with Gasteiger partial charge in [0.25, 0.3) is 0 Å². The van der Waals surface area contributed by atoms with Crippen molar-refractivity contribution in [1.29, 1.82) is 0 Å². The molecule has 0 spiro atoms. The van der Waals surface area contributed by atoms with Crippen LogP contribution in [0.15, 0.2) is 41.6 Å². The van der Waals surface area contributed by atoms with Gasteiger partial charge in [0.1, 0.15) is 12.3 Å². The molecule has 1 aromatic heterocycles. The maximum absolute atomic E-state index is 13.7. The van der Waals surface area contributed by atoms with Crippen molar-refractivity contribution in [2.24, 2.45) is 5.92 Å². The predicted octanol–water partition coefficient (Wildman–Crippen LogP) is 4.17. The van der Waals surface area contributed by atoms with E-state index in [1.54, 1.807) is 18.3 Å². The van der Waals surface area contributed by atoms with E-state index >= 15 is 0 Å². The quantitative estimate of drug-likeness (QED) is 0.635. The average Bonchev–Trinajstić information content (AvgIpc) is 3.59. The van der Waals surface area contributed by atoms with Crippen LogP contribution in [0.2, 0.25) is 0 Å². The number of nitrogens with one attached hydrogen (secondary N) is 1. The number of carbonyl (C=O) groups is 1. The fourth-order valence-corrected chi connectivity index (χ4v) is 5.88. The van der Waals surface area contributed by atoms with Gasteiger partial charge in [0.05, 0.1) is 34.2 Å². The number of hydrogen-bond acceptors (Lipinski definition) is 5. The van der Waals surface area contributed by atoms with Crippen molar-refractivity contribution < 1.29 is 22.0 Å². The Morgan fingerprint density at radius 2 is 1.75 bits per heavy atom. The standard InChI is InChI=1S/C23H27F2N3O3S/c1-2-16-12-27-22(13-26-16)28-23(29)19(9-14-10-20(24)21(25)11-14)15-3-5-17(6-4-15)32(30,31)18-7-8-18/h3-6,12-14,18-21H,2,7-11H2,1H3,(H,27,28,29)/t14-,19-,20+,21-/m1/s1. The lowest BCUT2D eigenvalue weighted by molar-refractivity contribution is -0.118. The van der Waals surface area contributed by atoms with Crippen molar-refractivity contribution in [3.05, 3.63) is 47.9 Å². The molecule has 0 radical (unpaired) electrons. The average molecular weight is 464 g/mol. The lowest BCUT2D eigenvalue weighted by Crippen LogP contribution is -2.24. The van der Waals surface area contributed by atoms with E-state index in [9.17, 15) is 22.0 Å². The van der Waals surface area contributed by atoms with Crippen molar-refractivity contribution in [2.45, 2.75) is 73.9 Å². The summed E-state index contributed by atoms with van der Waals surface area (Å²) in [6.45, 7) is 1.95. The van der Waals surface area contributed by atoms with Crippen LogP contribution < -0.4 is 5.32 Å². The summed E-state index contributed by atoms with van der Waals surface area (Å²) in [6, 6.07) is 6.29. The summed E-state index contributed by atoms with van der Waals surface area (Å²) in [6.07, 6.45) is 2.51. The fourth-order valence-electron chi connectivity index (χ4n) is 4.22. The van der Waals surface area contributed by atoms with Crippen LogP contribution in [0, 0.1) is 5.92 Å². The monoisotopic (exact) mass is 463 g/mol. The third-order valence-corrected chi connectivity index (χ3v) is 8.57. The predicted molar refractivity (Wildman–Crippen MR) is 117 cm³/mol. The number of nitrogens with zero attached hydrogens (tertiary/aromatic N) is 2. The number of halogens is 2. The smallest absolute Gasteiger partial charge is 0.233 e. The molecule has 4 atom stereocenters. The van der Waals surface area contributed by atoms with E-state index in [-0.39, 0.29) is 41.2 Å². The minimum absolute atomic E-state index is 0.0735. The second-order valence-electron chi connectivity index (χ2n) is 8.71. The summed E-state index contributed by atoms with van der Waals surface area (Å²) in [7, 11) is -3.34. The van der Waals surface area contributed by atoms with Crippen molar-refractivity contribution in [3.63, 3.8) is 0 Å². The zero-order valence-electron chi connectivity index (χ0n) is 17.9. The Balaban J connectivity index is 1.55. The molecular weight excluding hydrogens is 436 g/mol. The van der Waals surface area contributed by atoms with Gasteiger partial charge in [-0.15, -0.1) is 0 Å². The number of sulfone groups is 1. The topological polar surface area (TPSA) is 89.0 Å². The van der Waals surface area contributed by atoms with E-state index < -0.39 is 28.1 Å². The third-order valence-electron chi connectivity index (χ3n) is 6.29. The molecule has 0 unspecified atom stereocenters. The molecule has 172 valence electrons. The molecule has 0 aliphatic heterocycles. The molecule has 9 heteroatoms. The maximum atomic E-state index is 13.7. The van der Waals surface area contributed by atoms with Crippen molar-refractivity contribution in [1.82, 2.24) is 9.97 Å². The van der Waals surface area contributed by atoms with E-state index in [1.807, 2.05) is 6.92 Å². The number of hydrogen-bond donors (Lipinski definition) is 1. The molecule has 6 nitrogen and oxygen atoms in total. The summed E-state index contributed by atoms with van der Waals surface area (Å²) < 4.78 is 52.4. The molecule has 1 aromatic carbocycles. The van der Waals surface area contributed by atoms with Gasteiger partial charge in [0.2, 0.25) is 5.91 Å². The highest BCUT2D eigenvalue weighted by atomic mass is 32.2. The minimum Gasteiger partial charge on any atom is -0.309 e. The number of benzene rings is 1. The highest BCUT2D eigenvalue weighted by molar-refractivity contribution is 7.92. The molecule has 1 amide bonds. The number of rotatable bonds is 8. The fraction of sp³-hybridized carbons (Fsp3) is 0.522. The summed E-state index contributed by atoms with van der Waals surface area (Å²) in [5.74, 6) is -1.04. The molecule has 1 heterocycles. The Hall–Kier alpha value is -2.42. The van der Waals surface area contributed by atoms with Crippen LogP contribution >= 0.6 is 0 Å². The molecule has 2 aliphatic carbocycles. The van der Waals surface area contributed by atoms with Gasteiger partial charge in [0, 0.05) is 0 Å². The van der Waals surface area contributed by atoms with E-state index in [0.29, 0.717) is 24.2 Å². The van der Waals surface area contributed by atoms with E-state index in [0.717, 1.165) is 12.1 Å². The van der Waals surface area contributed by atoms with Crippen LogP contribution in [0.5, 0.6) is 0 Å². The van der Waals surface area contributed by atoms with Crippen molar-refractivity contribution >= 4 is 21.6 Å². The first-order valence-electron chi connectivity index (χ1n) is 11.0. The molecule has 32 heavy (non-hydrogen) atoms. The molecule has 0 bridgehead atoms. The Labute approximate surface area is 186 Å². The van der Waals surface area contributed by atoms with E-state index in [1.165, 1.54) is 18.3 Å². The zero-order chi connectivity index (χ0) is 22.9. The normalized spacial score (nSPS) is 24.3. The molecule has 2 aromatic rings. The Bertz CT molecular complexity index is 1050. The number of aryl methyl sites for hydroxylation is 1. The molecule has 2 fully saturated rings. The first kappa shape index (κ1) is 22.8. The summed E-state index contributed by atoms with van der Waals surface area (Å²) in [5.41, 5.74) is 1.40. The van der Waals surface area contributed by atoms with Gasteiger partial charge < -0.3 is 5.32 Å². The first-order valence-corrected chi connectivity index (χ1v) is 12.6. The van der Waals surface area contributed by atoms with Crippen LogP contribution in [0.3, 0.4) is 0 Å². The number of amides is 1. The van der Waals surface area contributed by atoms with Gasteiger partial charge in [-0.05, 0) is 62.1 Å². The van der Waals surface area contributed by atoms with E-state index in [4.69, 9.17) is 0 Å². The van der Waals surface area contributed by atoms with Gasteiger partial charge in [-0.25, -0.2) is 22.2 Å². The first-order chi connectivity index (χ1) is 15.3. The lowest BCUT2D eigenvalue weighted by Gasteiger charge is -2.20. The second-order valence-corrected chi connectivity index (χ2v) is 10.9. The Morgan fingerprint density at radius 1 is 1.09 bits per heavy atom. The highest BCUT2D eigenvalue weighted by Crippen LogP contribution is 2.39. The SMILES string of the molecule is CCc1cnc(NC(=O)[C@H](C[C@H]2C[C@@H](F)[C@@H](F)C2)c2ccc(S(=O)(=O)C3CC3)cc2)cn1. The van der Waals surface area contributed by atoms with Gasteiger partial charge in [-0.2, -0.15) is 0 Å². The van der Waals surface area contributed by atoms with Crippen LogP contribution in [0.4, 0.5) is 14.6 Å². The zero-order valence-corrected chi connectivity index (χ0v) is 18.7. The molecule has 0 saturated heterocycles. The van der Waals surface area contributed by atoms with Gasteiger partial charge in [-0.3, -0.25) is 9.78 Å². The van der Waals surface area contributed by atoms with Gasteiger partial charge in [0.15, 0.2) is 15.7 Å². The molecule has 4 rings (SSSR count). The van der Waals surface area contributed by atoms with Crippen molar-refractivity contribution in [2.75, 3.05) is 5.32 Å². The van der Waals surface area contributed by atoms with E-state index in [2.05, 4.69) is 15.3 Å².